The zero-order valence-corrected chi connectivity index (χ0v) is 14.0. The van der Waals surface area contributed by atoms with E-state index in [2.05, 4.69) is 0 Å². The fraction of sp³-hybridized carbons (Fsp3) is 0.0952. The van der Waals surface area contributed by atoms with Crippen LogP contribution in [-0.4, -0.2) is 33.6 Å². The van der Waals surface area contributed by atoms with Gasteiger partial charge < -0.3 is 4.57 Å². The van der Waals surface area contributed by atoms with Crippen LogP contribution in [0.15, 0.2) is 72.9 Å². The van der Waals surface area contributed by atoms with Gasteiger partial charge in [-0.15, -0.1) is 0 Å². The predicted molar refractivity (Wildman–Crippen MR) is 96.5 cm³/mol. The standard InChI is InChI=1S/C21H16N2O3/c24-18-12-14-23(20(25)15-7-3-1-4-8-15)21(26)19-17(18)11-13-22(19)16-9-5-2-6-10-16/h1-11,13H,12,14H2. The van der Waals surface area contributed by atoms with Crippen LogP contribution in [0.1, 0.15) is 37.6 Å². The molecule has 5 nitrogen and oxygen atoms in total. The van der Waals surface area contributed by atoms with Gasteiger partial charge in [0.2, 0.25) is 0 Å². The molecule has 26 heavy (non-hydrogen) atoms. The predicted octanol–water partition coefficient (Wildman–Crippen LogP) is 3.35. The summed E-state index contributed by atoms with van der Waals surface area (Å²) in [7, 11) is 0. The second-order valence-corrected chi connectivity index (χ2v) is 6.08. The van der Waals surface area contributed by atoms with Crippen molar-refractivity contribution in [3.8, 4) is 5.69 Å². The first-order valence-corrected chi connectivity index (χ1v) is 8.38. The van der Waals surface area contributed by atoms with E-state index in [0.29, 0.717) is 11.1 Å². The molecule has 0 atom stereocenters. The third-order valence-corrected chi connectivity index (χ3v) is 4.50. The van der Waals surface area contributed by atoms with E-state index in [1.54, 1.807) is 41.1 Å². The minimum absolute atomic E-state index is 0.0782. The molecular formula is C21H16N2O3. The number of para-hydroxylation sites is 1. The number of carbonyl (C=O) groups excluding carboxylic acids is 3. The van der Waals surface area contributed by atoms with Gasteiger partial charge in [0.15, 0.2) is 5.78 Å². The van der Waals surface area contributed by atoms with E-state index in [-0.39, 0.29) is 24.4 Å². The van der Waals surface area contributed by atoms with E-state index >= 15 is 0 Å². The highest BCUT2D eigenvalue weighted by molar-refractivity contribution is 6.16. The highest BCUT2D eigenvalue weighted by atomic mass is 16.2. The Morgan fingerprint density at radius 2 is 1.50 bits per heavy atom. The fourth-order valence-electron chi connectivity index (χ4n) is 3.19. The lowest BCUT2D eigenvalue weighted by molar-refractivity contribution is 0.0615. The maximum Gasteiger partial charge on any atom is 0.278 e. The number of Topliss-reactive ketones (excluding diaryl/α,β-unsaturated/α-hetero) is 1. The van der Waals surface area contributed by atoms with Gasteiger partial charge >= 0.3 is 0 Å². The highest BCUT2D eigenvalue weighted by Crippen LogP contribution is 2.24. The average Bonchev–Trinajstić information content (AvgIpc) is 3.09. The van der Waals surface area contributed by atoms with E-state index < -0.39 is 11.8 Å². The summed E-state index contributed by atoms with van der Waals surface area (Å²) in [5.74, 6) is -0.975. The lowest BCUT2D eigenvalue weighted by Gasteiger charge is -2.19. The molecule has 5 heteroatoms. The third kappa shape index (κ3) is 2.63. The van der Waals surface area contributed by atoms with Crippen LogP contribution in [0.5, 0.6) is 0 Å². The van der Waals surface area contributed by atoms with Gasteiger partial charge in [-0.25, -0.2) is 0 Å². The van der Waals surface area contributed by atoms with Crippen molar-refractivity contribution in [1.29, 1.82) is 0 Å². The van der Waals surface area contributed by atoms with Crippen molar-refractivity contribution in [3.05, 3.63) is 89.7 Å². The minimum atomic E-state index is -0.450. The Morgan fingerprint density at radius 3 is 2.19 bits per heavy atom. The monoisotopic (exact) mass is 344 g/mol. The molecule has 1 aromatic heterocycles. The Hall–Kier alpha value is -3.47. The smallest absolute Gasteiger partial charge is 0.278 e. The number of hydrogen-bond acceptors (Lipinski definition) is 3. The van der Waals surface area contributed by atoms with Gasteiger partial charge in [-0.05, 0) is 30.3 Å². The normalized spacial score (nSPS) is 14.1. The van der Waals surface area contributed by atoms with Crippen LogP contribution in [0.3, 0.4) is 0 Å². The Morgan fingerprint density at radius 1 is 0.846 bits per heavy atom. The first kappa shape index (κ1) is 16.0. The van der Waals surface area contributed by atoms with Gasteiger partial charge in [0.25, 0.3) is 11.8 Å². The van der Waals surface area contributed by atoms with Crippen molar-refractivity contribution >= 4 is 17.6 Å². The summed E-state index contributed by atoms with van der Waals surface area (Å²) in [6.45, 7) is 0.0782. The molecule has 1 aliphatic rings. The van der Waals surface area contributed by atoms with Crippen LogP contribution in [0.25, 0.3) is 5.69 Å². The Balaban J connectivity index is 1.80. The molecule has 0 fully saturated rings. The molecule has 2 heterocycles. The molecule has 128 valence electrons. The number of rotatable bonds is 2. The zero-order chi connectivity index (χ0) is 18.1. The maximum atomic E-state index is 13.2. The van der Waals surface area contributed by atoms with Crippen molar-refractivity contribution < 1.29 is 14.4 Å². The molecule has 3 aromatic rings. The molecule has 1 aliphatic heterocycles. The quantitative estimate of drug-likeness (QED) is 0.670. The summed E-state index contributed by atoms with van der Waals surface area (Å²) < 4.78 is 1.67. The van der Waals surface area contributed by atoms with Crippen molar-refractivity contribution in [2.75, 3.05) is 6.54 Å². The van der Waals surface area contributed by atoms with Crippen LogP contribution >= 0.6 is 0 Å². The number of benzene rings is 2. The van der Waals surface area contributed by atoms with Gasteiger partial charge in [0.05, 0.1) is 0 Å². The summed E-state index contributed by atoms with van der Waals surface area (Å²) in [6, 6.07) is 19.6. The molecular weight excluding hydrogens is 328 g/mol. The Labute approximate surface area is 150 Å². The Bertz CT molecular complexity index is 991. The fourth-order valence-corrected chi connectivity index (χ4v) is 3.19. The van der Waals surface area contributed by atoms with E-state index in [4.69, 9.17) is 0 Å². The largest absolute Gasteiger partial charge is 0.312 e. The number of nitrogens with zero attached hydrogens (tertiary/aromatic N) is 2. The van der Waals surface area contributed by atoms with Crippen LogP contribution in [0.4, 0.5) is 0 Å². The summed E-state index contributed by atoms with van der Waals surface area (Å²) in [5.41, 5.74) is 1.80. The minimum Gasteiger partial charge on any atom is -0.312 e. The first-order chi connectivity index (χ1) is 12.7. The second-order valence-electron chi connectivity index (χ2n) is 6.08. The van der Waals surface area contributed by atoms with Gasteiger partial charge in [-0.3, -0.25) is 19.3 Å². The molecule has 0 saturated carbocycles. The SMILES string of the molecule is O=C1CCN(C(=O)c2ccccc2)C(=O)c2c1ccn2-c1ccccc1. The number of aromatic nitrogens is 1. The number of ketones is 1. The second kappa shape index (κ2) is 6.44. The summed E-state index contributed by atoms with van der Waals surface area (Å²) in [6.07, 6.45) is 1.82. The summed E-state index contributed by atoms with van der Waals surface area (Å²) in [5, 5.41) is 0. The van der Waals surface area contributed by atoms with Gasteiger partial charge in [-0.1, -0.05) is 36.4 Å². The van der Waals surface area contributed by atoms with Gasteiger partial charge in [-0.2, -0.15) is 0 Å². The van der Waals surface area contributed by atoms with E-state index in [9.17, 15) is 14.4 Å². The number of amides is 2. The maximum absolute atomic E-state index is 13.2. The highest BCUT2D eigenvalue weighted by Gasteiger charge is 2.34. The van der Waals surface area contributed by atoms with Crippen molar-refractivity contribution in [2.45, 2.75) is 6.42 Å². The lowest BCUT2D eigenvalue weighted by atomic mass is 10.1. The lowest BCUT2D eigenvalue weighted by Crippen LogP contribution is -2.37. The number of hydrogen-bond donors (Lipinski definition) is 0. The zero-order valence-electron chi connectivity index (χ0n) is 14.0. The molecule has 0 N–H and O–H groups in total. The van der Waals surface area contributed by atoms with Crippen molar-refractivity contribution in [1.82, 2.24) is 9.47 Å². The number of fused-ring (bicyclic) bond motifs is 1. The molecule has 0 saturated heterocycles. The topological polar surface area (TPSA) is 59.4 Å². The molecule has 0 unspecified atom stereocenters. The number of imide groups is 1. The molecule has 0 spiro atoms. The molecule has 2 aromatic carbocycles. The average molecular weight is 344 g/mol. The van der Waals surface area contributed by atoms with Crippen LogP contribution < -0.4 is 0 Å². The van der Waals surface area contributed by atoms with Crippen LogP contribution in [0.2, 0.25) is 0 Å². The van der Waals surface area contributed by atoms with Gasteiger partial charge in [0, 0.05) is 36.0 Å². The van der Waals surface area contributed by atoms with Crippen molar-refractivity contribution in [2.24, 2.45) is 0 Å². The summed E-state index contributed by atoms with van der Waals surface area (Å²) >= 11 is 0. The molecule has 4 rings (SSSR count). The van der Waals surface area contributed by atoms with Crippen LogP contribution in [-0.2, 0) is 0 Å². The first-order valence-electron chi connectivity index (χ1n) is 8.38. The van der Waals surface area contributed by atoms with Gasteiger partial charge in [0.1, 0.15) is 5.69 Å². The molecule has 2 amide bonds. The summed E-state index contributed by atoms with van der Waals surface area (Å²) in [4.78, 5) is 39.7. The number of carbonyl (C=O) groups is 3. The Kier molecular flexibility index (Phi) is 3.97. The van der Waals surface area contributed by atoms with E-state index in [1.807, 2.05) is 36.4 Å². The third-order valence-electron chi connectivity index (χ3n) is 4.50. The van der Waals surface area contributed by atoms with Crippen molar-refractivity contribution in [3.63, 3.8) is 0 Å². The molecule has 0 bridgehead atoms. The molecule has 0 aliphatic carbocycles. The van der Waals surface area contributed by atoms with Crippen LogP contribution in [0, 0.1) is 0 Å². The van der Waals surface area contributed by atoms with E-state index in [1.165, 1.54) is 4.90 Å². The molecule has 0 radical (unpaired) electrons. The van der Waals surface area contributed by atoms with E-state index in [0.717, 1.165) is 5.69 Å².